The molecule has 0 aliphatic carbocycles. The van der Waals surface area contributed by atoms with E-state index in [4.69, 9.17) is 21.1 Å². The van der Waals surface area contributed by atoms with Crippen LogP contribution in [0.25, 0.3) is 0 Å². The highest BCUT2D eigenvalue weighted by Crippen LogP contribution is 2.19. The number of rotatable bonds is 6. The minimum absolute atomic E-state index is 0. The van der Waals surface area contributed by atoms with E-state index in [-0.39, 0.29) is 25.2 Å². The first-order chi connectivity index (χ1) is 9.99. The maximum Gasteiger partial charge on any atom is 0.347 e. The average molecular weight is 318 g/mol. The number of hydrogen-bond donors (Lipinski definition) is 1. The summed E-state index contributed by atoms with van der Waals surface area (Å²) in [6.45, 7) is 3.46. The molecule has 0 bridgehead atoms. The standard InChI is InChI=1S/C14H15ClFNO4.H2/c1-3-20-13(18)10(14(19)21-4-2)8-17-9-5-6-11(15)12(16)7-9;/h5-8,17H,3-4H2,1-2H3;1H. The number of nitrogens with one attached hydrogen (secondary N) is 1. The average Bonchev–Trinajstić information content (AvgIpc) is 2.43. The number of benzene rings is 1. The molecule has 0 aliphatic rings. The van der Waals surface area contributed by atoms with Crippen molar-refractivity contribution in [1.29, 1.82) is 0 Å². The Hall–Kier alpha value is -2.08. The molecule has 0 saturated heterocycles. The Labute approximate surface area is 128 Å². The second kappa shape index (κ2) is 8.26. The Morgan fingerprint density at radius 2 is 1.86 bits per heavy atom. The summed E-state index contributed by atoms with van der Waals surface area (Å²) in [7, 11) is 0. The fourth-order valence-corrected chi connectivity index (χ4v) is 1.48. The van der Waals surface area contributed by atoms with Crippen molar-refractivity contribution >= 4 is 29.2 Å². The third-order valence-electron chi connectivity index (χ3n) is 2.29. The van der Waals surface area contributed by atoms with Crippen molar-refractivity contribution in [3.63, 3.8) is 0 Å². The normalized spacial score (nSPS) is 9.71. The van der Waals surface area contributed by atoms with Crippen LogP contribution in [0.3, 0.4) is 0 Å². The first-order valence-corrected chi connectivity index (χ1v) is 6.63. The van der Waals surface area contributed by atoms with Gasteiger partial charge in [-0.25, -0.2) is 14.0 Å². The van der Waals surface area contributed by atoms with Gasteiger partial charge in [0.15, 0.2) is 5.57 Å². The number of halogens is 2. The third-order valence-corrected chi connectivity index (χ3v) is 2.60. The summed E-state index contributed by atoms with van der Waals surface area (Å²) >= 11 is 5.56. The van der Waals surface area contributed by atoms with Crippen LogP contribution in [-0.2, 0) is 19.1 Å². The number of hydrogen-bond acceptors (Lipinski definition) is 5. The Morgan fingerprint density at radius 1 is 1.29 bits per heavy atom. The Morgan fingerprint density at radius 3 is 2.33 bits per heavy atom. The Bertz CT molecular complexity index is 546. The van der Waals surface area contributed by atoms with Gasteiger partial charge in [-0.2, -0.15) is 0 Å². The molecule has 21 heavy (non-hydrogen) atoms. The minimum atomic E-state index is -0.821. The monoisotopic (exact) mass is 317 g/mol. The van der Waals surface area contributed by atoms with Crippen LogP contribution in [0.4, 0.5) is 10.1 Å². The van der Waals surface area contributed by atoms with Crippen LogP contribution in [0, 0.1) is 5.82 Å². The van der Waals surface area contributed by atoms with Gasteiger partial charge in [0.2, 0.25) is 0 Å². The van der Waals surface area contributed by atoms with Crippen LogP contribution in [0.5, 0.6) is 0 Å². The molecule has 1 rings (SSSR count). The summed E-state index contributed by atoms with van der Waals surface area (Å²) < 4.78 is 22.8. The van der Waals surface area contributed by atoms with Gasteiger partial charge in [0, 0.05) is 13.3 Å². The lowest BCUT2D eigenvalue weighted by Gasteiger charge is -2.08. The lowest BCUT2D eigenvalue weighted by Crippen LogP contribution is -2.19. The Kier molecular flexibility index (Phi) is 6.68. The minimum Gasteiger partial charge on any atom is -0.462 e. The predicted molar refractivity (Wildman–Crippen MR) is 78.5 cm³/mol. The molecule has 0 aliphatic heterocycles. The van der Waals surface area contributed by atoms with Crippen LogP contribution in [0.1, 0.15) is 15.3 Å². The van der Waals surface area contributed by atoms with Crippen molar-refractivity contribution < 1.29 is 24.9 Å². The molecule has 1 N–H and O–H groups in total. The van der Waals surface area contributed by atoms with Crippen LogP contribution < -0.4 is 5.32 Å². The molecule has 7 heteroatoms. The zero-order valence-electron chi connectivity index (χ0n) is 11.6. The first-order valence-electron chi connectivity index (χ1n) is 6.25. The van der Waals surface area contributed by atoms with E-state index in [0.717, 1.165) is 12.3 Å². The molecule has 0 saturated carbocycles. The van der Waals surface area contributed by atoms with Gasteiger partial charge in [0.05, 0.1) is 18.2 Å². The van der Waals surface area contributed by atoms with Crippen molar-refractivity contribution in [2.24, 2.45) is 0 Å². The SMILES string of the molecule is CCOC(=O)C(=CNc1ccc(Cl)c(F)c1)C(=O)OCC.[HH]. The third kappa shape index (κ3) is 5.07. The fraction of sp³-hybridized carbons (Fsp3) is 0.286. The second-order valence-electron chi connectivity index (χ2n) is 3.77. The zero-order chi connectivity index (χ0) is 15.8. The molecule has 0 amide bonds. The smallest absolute Gasteiger partial charge is 0.347 e. The molecular weight excluding hydrogens is 301 g/mol. The van der Waals surface area contributed by atoms with Crippen LogP contribution >= 0.6 is 11.6 Å². The fourth-order valence-electron chi connectivity index (χ4n) is 1.36. The molecular formula is C14H17ClFNO4. The van der Waals surface area contributed by atoms with Crippen molar-refractivity contribution in [1.82, 2.24) is 0 Å². The zero-order valence-corrected chi connectivity index (χ0v) is 12.4. The van der Waals surface area contributed by atoms with E-state index in [0.29, 0.717) is 5.69 Å². The van der Waals surface area contributed by atoms with E-state index >= 15 is 0 Å². The molecule has 1 aromatic carbocycles. The highest BCUT2D eigenvalue weighted by atomic mass is 35.5. The number of carbonyl (C=O) groups excluding carboxylic acids is 2. The van der Waals surface area contributed by atoms with Crippen molar-refractivity contribution in [2.45, 2.75) is 13.8 Å². The summed E-state index contributed by atoms with van der Waals surface area (Å²) in [5, 5.41) is 2.60. The topological polar surface area (TPSA) is 64.6 Å². The highest BCUT2D eigenvalue weighted by Gasteiger charge is 2.20. The summed E-state index contributed by atoms with van der Waals surface area (Å²) in [5.41, 5.74) is 0.0112. The summed E-state index contributed by atoms with van der Waals surface area (Å²) in [6, 6.07) is 3.98. The number of carbonyl (C=O) groups is 2. The van der Waals surface area contributed by atoms with Gasteiger partial charge < -0.3 is 14.8 Å². The lowest BCUT2D eigenvalue weighted by molar-refractivity contribution is -0.146. The molecule has 1 aromatic rings. The largest absolute Gasteiger partial charge is 0.462 e. The van der Waals surface area contributed by atoms with Gasteiger partial charge in [-0.05, 0) is 32.0 Å². The maximum absolute atomic E-state index is 13.3. The van der Waals surface area contributed by atoms with Gasteiger partial charge in [0.1, 0.15) is 5.82 Å². The maximum atomic E-state index is 13.3. The van der Waals surface area contributed by atoms with E-state index in [1.54, 1.807) is 13.8 Å². The predicted octanol–water partition coefficient (Wildman–Crippen LogP) is 3.15. The summed E-state index contributed by atoms with van der Waals surface area (Å²) in [4.78, 5) is 23.4. The number of ether oxygens (including phenoxy) is 2. The summed E-state index contributed by atoms with van der Waals surface area (Å²) in [6.07, 6.45) is 1.11. The first kappa shape index (κ1) is 17.0. The van der Waals surface area contributed by atoms with Crippen LogP contribution in [-0.4, -0.2) is 25.2 Å². The van der Waals surface area contributed by atoms with Gasteiger partial charge in [-0.3, -0.25) is 0 Å². The van der Waals surface area contributed by atoms with E-state index in [1.165, 1.54) is 12.1 Å². The van der Waals surface area contributed by atoms with E-state index in [9.17, 15) is 14.0 Å². The number of esters is 2. The molecule has 0 heterocycles. The van der Waals surface area contributed by atoms with Gasteiger partial charge in [-0.1, -0.05) is 11.6 Å². The van der Waals surface area contributed by atoms with Crippen molar-refractivity contribution in [3.05, 3.63) is 40.8 Å². The second-order valence-corrected chi connectivity index (χ2v) is 4.18. The van der Waals surface area contributed by atoms with Crippen molar-refractivity contribution in [2.75, 3.05) is 18.5 Å². The number of anilines is 1. The van der Waals surface area contributed by atoms with Gasteiger partial charge in [0.25, 0.3) is 0 Å². The van der Waals surface area contributed by atoms with Gasteiger partial charge >= 0.3 is 11.9 Å². The molecule has 0 aromatic heterocycles. The van der Waals surface area contributed by atoms with Crippen LogP contribution in [0.15, 0.2) is 30.0 Å². The van der Waals surface area contributed by atoms with Gasteiger partial charge in [-0.15, -0.1) is 0 Å². The molecule has 0 atom stereocenters. The molecule has 0 unspecified atom stereocenters. The quantitative estimate of drug-likeness (QED) is 0.378. The molecule has 0 radical (unpaired) electrons. The molecule has 116 valence electrons. The van der Waals surface area contributed by atoms with E-state index in [1.807, 2.05) is 0 Å². The molecule has 0 spiro atoms. The molecule has 5 nitrogen and oxygen atoms in total. The lowest BCUT2D eigenvalue weighted by atomic mass is 10.2. The Balaban J connectivity index is 0.00000441. The molecule has 0 fully saturated rings. The highest BCUT2D eigenvalue weighted by molar-refractivity contribution is 6.30. The van der Waals surface area contributed by atoms with E-state index < -0.39 is 17.8 Å². The summed E-state index contributed by atoms with van der Waals surface area (Å²) in [5.74, 6) is -2.26. The van der Waals surface area contributed by atoms with Crippen molar-refractivity contribution in [3.8, 4) is 0 Å². The van der Waals surface area contributed by atoms with Crippen LogP contribution in [0.2, 0.25) is 5.02 Å². The van der Waals surface area contributed by atoms with E-state index in [2.05, 4.69) is 5.32 Å².